The largest absolute Gasteiger partial charge is 0.436 e. The van der Waals surface area contributed by atoms with Crippen LogP contribution in [-0.4, -0.2) is 21.7 Å². The van der Waals surface area contributed by atoms with Crippen LogP contribution in [0.1, 0.15) is 31.5 Å². The number of nitrogens with zero attached hydrogens (tertiary/aromatic N) is 2. The van der Waals surface area contributed by atoms with E-state index in [9.17, 15) is 9.18 Å². The number of benzene rings is 2. The van der Waals surface area contributed by atoms with E-state index in [1.807, 2.05) is 51.1 Å². The normalized spacial score (nSPS) is 10.9. The number of aromatic nitrogens is 2. The van der Waals surface area contributed by atoms with Crippen LogP contribution in [0.2, 0.25) is 0 Å². The van der Waals surface area contributed by atoms with Gasteiger partial charge in [0.1, 0.15) is 0 Å². The Balaban J connectivity index is 1.97. The minimum absolute atomic E-state index is 0.0429. The minimum atomic E-state index is -0.454. The third-order valence-electron chi connectivity index (χ3n) is 4.23. The van der Waals surface area contributed by atoms with Crippen molar-refractivity contribution in [3.8, 4) is 17.3 Å². The summed E-state index contributed by atoms with van der Waals surface area (Å²) in [5, 5.41) is 7.47. The standard InChI is InChI=1S/C22H24FN3O2/c1-15(2)24-21(27)14-13-18-16(3)25-26(17-9-5-4-6-10-17)22(18)28-20-12-8-7-11-19(20)23/h4-12,15H,13-14H2,1-3H3,(H,24,27). The molecule has 0 saturated heterocycles. The smallest absolute Gasteiger partial charge is 0.226 e. The van der Waals surface area contributed by atoms with Gasteiger partial charge >= 0.3 is 0 Å². The fraction of sp³-hybridized carbons (Fsp3) is 0.273. The number of hydrogen-bond acceptors (Lipinski definition) is 3. The van der Waals surface area contributed by atoms with Crippen LogP contribution in [0.4, 0.5) is 4.39 Å². The zero-order chi connectivity index (χ0) is 20.1. The summed E-state index contributed by atoms with van der Waals surface area (Å²) in [5.74, 6) is 0.0433. The molecule has 0 aliphatic heterocycles. The van der Waals surface area contributed by atoms with E-state index in [2.05, 4.69) is 10.4 Å². The lowest BCUT2D eigenvalue weighted by molar-refractivity contribution is -0.121. The maximum absolute atomic E-state index is 14.2. The van der Waals surface area contributed by atoms with Crippen molar-refractivity contribution in [2.24, 2.45) is 0 Å². The zero-order valence-electron chi connectivity index (χ0n) is 16.3. The molecule has 1 amide bonds. The van der Waals surface area contributed by atoms with Gasteiger partial charge in [-0.3, -0.25) is 4.79 Å². The average Bonchev–Trinajstić information content (AvgIpc) is 2.97. The predicted octanol–water partition coefficient (Wildman–Crippen LogP) is 4.57. The Hall–Kier alpha value is -3.15. The van der Waals surface area contributed by atoms with Crippen LogP contribution in [0.5, 0.6) is 11.6 Å². The van der Waals surface area contributed by atoms with E-state index < -0.39 is 5.82 Å². The fourth-order valence-corrected chi connectivity index (χ4v) is 2.94. The molecule has 5 nitrogen and oxygen atoms in total. The quantitative estimate of drug-likeness (QED) is 0.652. The molecule has 1 N–H and O–H groups in total. The summed E-state index contributed by atoms with van der Waals surface area (Å²) < 4.78 is 21.8. The highest BCUT2D eigenvalue weighted by Gasteiger charge is 2.20. The summed E-state index contributed by atoms with van der Waals surface area (Å²) in [6, 6.07) is 15.8. The number of carbonyl (C=O) groups is 1. The fourth-order valence-electron chi connectivity index (χ4n) is 2.94. The van der Waals surface area contributed by atoms with Gasteiger partial charge in [0, 0.05) is 18.0 Å². The lowest BCUT2D eigenvalue weighted by Gasteiger charge is -2.12. The highest BCUT2D eigenvalue weighted by molar-refractivity contribution is 5.76. The van der Waals surface area contributed by atoms with Crippen LogP contribution in [0.3, 0.4) is 0 Å². The van der Waals surface area contributed by atoms with E-state index in [0.29, 0.717) is 18.7 Å². The topological polar surface area (TPSA) is 56.2 Å². The minimum Gasteiger partial charge on any atom is -0.436 e. The number of para-hydroxylation sites is 2. The van der Waals surface area contributed by atoms with Crippen molar-refractivity contribution < 1.29 is 13.9 Å². The Labute approximate surface area is 164 Å². The summed E-state index contributed by atoms with van der Waals surface area (Å²) in [5.41, 5.74) is 2.33. The van der Waals surface area contributed by atoms with Gasteiger partial charge in [-0.2, -0.15) is 5.10 Å². The highest BCUT2D eigenvalue weighted by atomic mass is 19.1. The van der Waals surface area contributed by atoms with Gasteiger partial charge in [0.2, 0.25) is 11.8 Å². The zero-order valence-corrected chi connectivity index (χ0v) is 16.3. The van der Waals surface area contributed by atoms with Gasteiger partial charge in [0.05, 0.1) is 11.4 Å². The van der Waals surface area contributed by atoms with Crippen LogP contribution in [0, 0.1) is 12.7 Å². The lowest BCUT2D eigenvalue weighted by atomic mass is 10.1. The highest BCUT2D eigenvalue weighted by Crippen LogP contribution is 2.32. The molecule has 0 spiro atoms. The van der Waals surface area contributed by atoms with Crippen molar-refractivity contribution >= 4 is 5.91 Å². The molecule has 0 aliphatic rings. The number of amides is 1. The van der Waals surface area contributed by atoms with Crippen molar-refractivity contribution in [3.05, 3.63) is 71.7 Å². The summed E-state index contributed by atoms with van der Waals surface area (Å²) >= 11 is 0. The molecular weight excluding hydrogens is 357 g/mol. The van der Waals surface area contributed by atoms with E-state index >= 15 is 0 Å². The molecule has 2 aromatic carbocycles. The molecule has 1 aromatic heterocycles. The van der Waals surface area contributed by atoms with Gasteiger partial charge in [-0.15, -0.1) is 0 Å². The molecule has 6 heteroatoms. The Morgan fingerprint density at radius 3 is 2.50 bits per heavy atom. The Morgan fingerprint density at radius 1 is 1.14 bits per heavy atom. The van der Waals surface area contributed by atoms with Crippen molar-refractivity contribution in [1.82, 2.24) is 15.1 Å². The number of rotatable bonds is 7. The van der Waals surface area contributed by atoms with Crippen LogP contribution >= 0.6 is 0 Å². The SMILES string of the molecule is Cc1nn(-c2ccccc2)c(Oc2ccccc2F)c1CCC(=O)NC(C)C. The van der Waals surface area contributed by atoms with Crippen molar-refractivity contribution in [1.29, 1.82) is 0 Å². The molecule has 3 aromatic rings. The average molecular weight is 381 g/mol. The van der Waals surface area contributed by atoms with Crippen molar-refractivity contribution in [3.63, 3.8) is 0 Å². The molecule has 3 rings (SSSR count). The van der Waals surface area contributed by atoms with E-state index in [1.54, 1.807) is 22.9 Å². The van der Waals surface area contributed by atoms with Crippen LogP contribution in [0.15, 0.2) is 54.6 Å². The van der Waals surface area contributed by atoms with Gasteiger partial charge in [0.25, 0.3) is 0 Å². The first-order valence-corrected chi connectivity index (χ1v) is 9.31. The molecule has 0 saturated carbocycles. The third kappa shape index (κ3) is 4.57. The van der Waals surface area contributed by atoms with E-state index in [-0.39, 0.29) is 17.7 Å². The van der Waals surface area contributed by atoms with Crippen LogP contribution < -0.4 is 10.1 Å². The summed E-state index contributed by atoms with van der Waals surface area (Å²) in [4.78, 5) is 12.1. The number of hydrogen-bond donors (Lipinski definition) is 1. The monoisotopic (exact) mass is 381 g/mol. The molecular formula is C22H24FN3O2. The first-order valence-electron chi connectivity index (χ1n) is 9.31. The van der Waals surface area contributed by atoms with Crippen LogP contribution in [-0.2, 0) is 11.2 Å². The number of carbonyl (C=O) groups excluding carboxylic acids is 1. The van der Waals surface area contributed by atoms with Gasteiger partial charge in [-0.1, -0.05) is 30.3 Å². The first kappa shape index (κ1) is 19.6. The van der Waals surface area contributed by atoms with E-state index in [4.69, 9.17) is 4.74 Å². The van der Waals surface area contributed by atoms with Gasteiger partial charge < -0.3 is 10.1 Å². The summed E-state index contributed by atoms with van der Waals surface area (Å²) in [7, 11) is 0. The predicted molar refractivity (Wildman–Crippen MR) is 106 cm³/mol. The molecule has 0 atom stereocenters. The number of ether oxygens (including phenoxy) is 1. The first-order chi connectivity index (χ1) is 13.5. The molecule has 0 aliphatic carbocycles. The molecule has 0 fully saturated rings. The molecule has 28 heavy (non-hydrogen) atoms. The molecule has 0 bridgehead atoms. The third-order valence-corrected chi connectivity index (χ3v) is 4.23. The molecule has 146 valence electrons. The molecule has 0 radical (unpaired) electrons. The maximum Gasteiger partial charge on any atom is 0.226 e. The van der Waals surface area contributed by atoms with E-state index in [0.717, 1.165) is 16.9 Å². The summed E-state index contributed by atoms with van der Waals surface area (Å²) in [6.07, 6.45) is 0.744. The second kappa shape index (κ2) is 8.69. The summed E-state index contributed by atoms with van der Waals surface area (Å²) in [6.45, 7) is 5.70. The Kier molecular flexibility index (Phi) is 6.09. The maximum atomic E-state index is 14.2. The Bertz CT molecular complexity index is 952. The molecule has 1 heterocycles. The Morgan fingerprint density at radius 2 is 1.82 bits per heavy atom. The van der Waals surface area contributed by atoms with Gasteiger partial charge in [-0.05, 0) is 51.5 Å². The van der Waals surface area contributed by atoms with Gasteiger partial charge in [0.15, 0.2) is 11.6 Å². The second-order valence-electron chi connectivity index (χ2n) is 6.87. The number of halogens is 1. The van der Waals surface area contributed by atoms with Crippen LogP contribution in [0.25, 0.3) is 5.69 Å². The van der Waals surface area contributed by atoms with Gasteiger partial charge in [-0.25, -0.2) is 9.07 Å². The number of nitrogens with one attached hydrogen (secondary N) is 1. The lowest BCUT2D eigenvalue weighted by Crippen LogP contribution is -2.30. The number of aryl methyl sites for hydroxylation is 1. The second-order valence-corrected chi connectivity index (χ2v) is 6.87. The van der Waals surface area contributed by atoms with Crippen molar-refractivity contribution in [2.45, 2.75) is 39.7 Å². The van der Waals surface area contributed by atoms with Crippen molar-refractivity contribution in [2.75, 3.05) is 0 Å². The molecule has 0 unspecified atom stereocenters. The van der Waals surface area contributed by atoms with E-state index in [1.165, 1.54) is 6.07 Å².